The summed E-state index contributed by atoms with van der Waals surface area (Å²) < 4.78 is 11.3. The SMILES string of the molecule is CC(C1CCOC1)N1CCC(OCCCN)CC1. The van der Waals surface area contributed by atoms with E-state index in [1.54, 1.807) is 0 Å². The molecule has 0 bridgehead atoms. The highest BCUT2D eigenvalue weighted by Gasteiger charge is 2.29. The number of ether oxygens (including phenoxy) is 2. The summed E-state index contributed by atoms with van der Waals surface area (Å²) in [5, 5.41) is 0. The Morgan fingerprint density at radius 1 is 1.33 bits per heavy atom. The Morgan fingerprint density at radius 3 is 2.72 bits per heavy atom. The van der Waals surface area contributed by atoms with E-state index >= 15 is 0 Å². The summed E-state index contributed by atoms with van der Waals surface area (Å²) in [5.41, 5.74) is 5.48. The molecule has 2 aliphatic rings. The van der Waals surface area contributed by atoms with Crippen molar-refractivity contribution in [3.05, 3.63) is 0 Å². The predicted octanol–water partition coefficient (Wildman–Crippen LogP) is 1.24. The topological polar surface area (TPSA) is 47.7 Å². The van der Waals surface area contributed by atoms with E-state index < -0.39 is 0 Å². The molecule has 2 saturated heterocycles. The van der Waals surface area contributed by atoms with Gasteiger partial charge < -0.3 is 20.1 Å². The lowest BCUT2D eigenvalue weighted by Crippen LogP contribution is -2.45. The van der Waals surface area contributed by atoms with Crippen LogP contribution < -0.4 is 5.73 Å². The zero-order chi connectivity index (χ0) is 12.8. The minimum absolute atomic E-state index is 0.458. The highest BCUT2D eigenvalue weighted by atomic mass is 16.5. The van der Waals surface area contributed by atoms with Crippen molar-refractivity contribution in [3.8, 4) is 0 Å². The molecule has 2 fully saturated rings. The summed E-state index contributed by atoms with van der Waals surface area (Å²) in [6.45, 7) is 8.16. The van der Waals surface area contributed by atoms with E-state index in [1.807, 2.05) is 0 Å². The molecule has 0 amide bonds. The van der Waals surface area contributed by atoms with Crippen LogP contribution in [0.2, 0.25) is 0 Å². The number of piperidine rings is 1. The summed E-state index contributed by atoms with van der Waals surface area (Å²) in [4.78, 5) is 2.61. The first-order chi connectivity index (χ1) is 8.81. The molecule has 2 atom stereocenters. The van der Waals surface area contributed by atoms with Crippen LogP contribution in [0.1, 0.15) is 32.6 Å². The van der Waals surface area contributed by atoms with Crippen LogP contribution >= 0.6 is 0 Å². The number of nitrogens with zero attached hydrogens (tertiary/aromatic N) is 1. The maximum atomic E-state index is 5.85. The quantitative estimate of drug-likeness (QED) is 0.726. The fourth-order valence-electron chi connectivity index (χ4n) is 3.01. The second-order valence-corrected chi connectivity index (χ2v) is 5.61. The first-order valence-electron chi connectivity index (χ1n) is 7.44. The molecule has 0 aliphatic carbocycles. The molecule has 106 valence electrons. The molecule has 2 heterocycles. The van der Waals surface area contributed by atoms with Crippen LogP contribution in [0, 0.1) is 5.92 Å². The second kappa shape index (κ2) is 7.43. The summed E-state index contributed by atoms with van der Waals surface area (Å²) in [6, 6.07) is 0.664. The van der Waals surface area contributed by atoms with Crippen LogP contribution in [0.4, 0.5) is 0 Å². The monoisotopic (exact) mass is 256 g/mol. The summed E-state index contributed by atoms with van der Waals surface area (Å²) >= 11 is 0. The standard InChI is InChI=1S/C14H28N2O2/c1-12(13-5-10-17-11-13)16-7-3-14(4-8-16)18-9-2-6-15/h12-14H,2-11,15H2,1H3. The fourth-order valence-corrected chi connectivity index (χ4v) is 3.01. The van der Waals surface area contributed by atoms with Gasteiger partial charge in [-0.3, -0.25) is 0 Å². The van der Waals surface area contributed by atoms with E-state index in [-0.39, 0.29) is 0 Å². The maximum Gasteiger partial charge on any atom is 0.0599 e. The van der Waals surface area contributed by atoms with Crippen LogP contribution in [0.15, 0.2) is 0 Å². The molecular weight excluding hydrogens is 228 g/mol. The minimum atomic E-state index is 0.458. The van der Waals surface area contributed by atoms with Crippen molar-refractivity contribution in [3.63, 3.8) is 0 Å². The molecule has 2 unspecified atom stereocenters. The number of hydrogen-bond donors (Lipinski definition) is 1. The van der Waals surface area contributed by atoms with Crippen LogP contribution in [0.5, 0.6) is 0 Å². The average molecular weight is 256 g/mol. The summed E-state index contributed by atoms with van der Waals surface area (Å²) in [7, 11) is 0. The minimum Gasteiger partial charge on any atom is -0.381 e. The van der Waals surface area contributed by atoms with Gasteiger partial charge in [0.2, 0.25) is 0 Å². The van der Waals surface area contributed by atoms with Gasteiger partial charge in [-0.05, 0) is 45.1 Å². The van der Waals surface area contributed by atoms with Gasteiger partial charge >= 0.3 is 0 Å². The Morgan fingerprint density at radius 2 is 2.11 bits per heavy atom. The van der Waals surface area contributed by atoms with Crippen molar-refractivity contribution >= 4 is 0 Å². The van der Waals surface area contributed by atoms with E-state index in [2.05, 4.69) is 11.8 Å². The Hall–Kier alpha value is -0.160. The van der Waals surface area contributed by atoms with Gasteiger partial charge in [-0.2, -0.15) is 0 Å². The molecule has 0 aromatic carbocycles. The van der Waals surface area contributed by atoms with Crippen LogP contribution in [0.25, 0.3) is 0 Å². The van der Waals surface area contributed by atoms with E-state index in [9.17, 15) is 0 Å². The molecule has 0 spiro atoms. The smallest absolute Gasteiger partial charge is 0.0599 e. The number of likely N-dealkylation sites (tertiary alicyclic amines) is 1. The molecule has 18 heavy (non-hydrogen) atoms. The van der Waals surface area contributed by atoms with Crippen molar-refractivity contribution < 1.29 is 9.47 Å². The summed E-state index contributed by atoms with van der Waals surface area (Å²) in [5.74, 6) is 0.736. The first-order valence-corrected chi connectivity index (χ1v) is 7.44. The molecule has 2 N–H and O–H groups in total. The largest absolute Gasteiger partial charge is 0.381 e. The molecule has 0 radical (unpaired) electrons. The fraction of sp³-hybridized carbons (Fsp3) is 1.00. The third-order valence-electron chi connectivity index (χ3n) is 4.40. The van der Waals surface area contributed by atoms with Crippen LogP contribution in [0.3, 0.4) is 0 Å². The molecular formula is C14H28N2O2. The molecule has 2 rings (SSSR count). The van der Waals surface area contributed by atoms with Crippen molar-refractivity contribution in [2.45, 2.75) is 44.8 Å². The molecule has 2 aliphatic heterocycles. The van der Waals surface area contributed by atoms with Gasteiger partial charge in [-0.15, -0.1) is 0 Å². The van der Waals surface area contributed by atoms with E-state index in [4.69, 9.17) is 15.2 Å². The highest BCUT2D eigenvalue weighted by molar-refractivity contribution is 4.82. The molecule has 0 aromatic rings. The van der Waals surface area contributed by atoms with Crippen molar-refractivity contribution in [1.29, 1.82) is 0 Å². The van der Waals surface area contributed by atoms with Crippen LogP contribution in [-0.2, 0) is 9.47 Å². The third kappa shape index (κ3) is 3.92. The first kappa shape index (κ1) is 14.3. The van der Waals surface area contributed by atoms with Gasteiger partial charge in [0, 0.05) is 32.3 Å². The van der Waals surface area contributed by atoms with Crippen molar-refractivity contribution in [2.75, 3.05) is 39.5 Å². The Bertz CT molecular complexity index is 224. The normalized spacial score (nSPS) is 28.7. The highest BCUT2D eigenvalue weighted by Crippen LogP contribution is 2.24. The Balaban J connectivity index is 1.66. The van der Waals surface area contributed by atoms with Crippen molar-refractivity contribution in [2.24, 2.45) is 11.7 Å². The van der Waals surface area contributed by atoms with Gasteiger partial charge in [-0.25, -0.2) is 0 Å². The zero-order valence-electron chi connectivity index (χ0n) is 11.6. The number of nitrogens with two attached hydrogens (primary N) is 1. The molecule has 4 heteroatoms. The van der Waals surface area contributed by atoms with Gasteiger partial charge in [-0.1, -0.05) is 0 Å². The summed E-state index contributed by atoms with van der Waals surface area (Å²) in [6.07, 6.45) is 5.01. The Labute approximate surface area is 111 Å². The van der Waals surface area contributed by atoms with Crippen molar-refractivity contribution in [1.82, 2.24) is 4.90 Å². The Kier molecular flexibility index (Phi) is 5.89. The zero-order valence-corrected chi connectivity index (χ0v) is 11.6. The number of hydrogen-bond acceptors (Lipinski definition) is 4. The molecule has 0 saturated carbocycles. The van der Waals surface area contributed by atoms with E-state index in [1.165, 1.54) is 32.4 Å². The van der Waals surface area contributed by atoms with Gasteiger partial charge in [0.15, 0.2) is 0 Å². The van der Waals surface area contributed by atoms with Gasteiger partial charge in [0.1, 0.15) is 0 Å². The molecule has 4 nitrogen and oxygen atoms in total. The average Bonchev–Trinajstić information content (AvgIpc) is 2.93. The number of rotatable bonds is 6. The third-order valence-corrected chi connectivity index (χ3v) is 4.40. The molecule has 0 aromatic heterocycles. The lowest BCUT2D eigenvalue weighted by molar-refractivity contribution is -0.00725. The van der Waals surface area contributed by atoms with E-state index in [0.717, 1.165) is 38.7 Å². The predicted molar refractivity (Wildman–Crippen MR) is 72.6 cm³/mol. The lowest BCUT2D eigenvalue weighted by atomic mass is 9.96. The van der Waals surface area contributed by atoms with Gasteiger partial charge in [0.25, 0.3) is 0 Å². The van der Waals surface area contributed by atoms with Gasteiger partial charge in [0.05, 0.1) is 12.7 Å². The van der Waals surface area contributed by atoms with E-state index in [0.29, 0.717) is 12.1 Å². The van der Waals surface area contributed by atoms with Crippen LogP contribution in [-0.4, -0.2) is 56.5 Å². The second-order valence-electron chi connectivity index (χ2n) is 5.61. The maximum absolute atomic E-state index is 5.85. The lowest BCUT2D eigenvalue weighted by Gasteiger charge is -2.38.